The highest BCUT2D eigenvalue weighted by Gasteiger charge is 2.34. The molecule has 5 heteroatoms. The Morgan fingerprint density at radius 2 is 2.39 bits per heavy atom. The summed E-state index contributed by atoms with van der Waals surface area (Å²) in [6.45, 7) is 3.29. The molecule has 2 rings (SSSR count). The molecule has 0 aliphatic carbocycles. The van der Waals surface area contributed by atoms with Gasteiger partial charge in [0.05, 0.1) is 16.1 Å². The molecule has 3 nitrogen and oxygen atoms in total. The highest BCUT2D eigenvalue weighted by molar-refractivity contribution is 9.10. The van der Waals surface area contributed by atoms with E-state index in [0.717, 1.165) is 18.5 Å². The molecule has 3 N–H and O–H groups in total. The van der Waals surface area contributed by atoms with Gasteiger partial charge in [-0.15, -0.1) is 0 Å². The smallest absolute Gasteiger partial charge is 0.137 e. The van der Waals surface area contributed by atoms with Crippen molar-refractivity contribution in [2.45, 2.75) is 31.4 Å². The number of halogens is 2. The highest BCUT2D eigenvalue weighted by Crippen LogP contribution is 2.29. The normalized spacial score (nSPS) is 28.1. The van der Waals surface area contributed by atoms with Crippen molar-refractivity contribution in [1.82, 2.24) is 0 Å². The molecule has 1 aliphatic rings. The summed E-state index contributed by atoms with van der Waals surface area (Å²) in [7, 11) is 0. The van der Waals surface area contributed by atoms with E-state index in [4.69, 9.17) is 10.5 Å². The van der Waals surface area contributed by atoms with Crippen molar-refractivity contribution in [2.75, 3.05) is 18.5 Å². The van der Waals surface area contributed by atoms with Crippen LogP contribution in [0.15, 0.2) is 22.7 Å². The van der Waals surface area contributed by atoms with Gasteiger partial charge in [-0.25, -0.2) is 4.39 Å². The molecule has 100 valence electrons. The summed E-state index contributed by atoms with van der Waals surface area (Å²) in [6, 6.07) is 4.92. The lowest BCUT2D eigenvalue weighted by Crippen LogP contribution is -2.51. The summed E-state index contributed by atoms with van der Waals surface area (Å²) in [5.41, 5.74) is 6.63. The predicted octanol–water partition coefficient (Wildman–Crippen LogP) is 2.90. The van der Waals surface area contributed by atoms with E-state index in [1.807, 2.05) is 6.92 Å². The summed E-state index contributed by atoms with van der Waals surface area (Å²) < 4.78 is 19.2. The summed E-state index contributed by atoms with van der Waals surface area (Å²) in [5, 5.41) is 3.44. The third-order valence-corrected chi connectivity index (χ3v) is 3.99. The van der Waals surface area contributed by atoms with Crippen molar-refractivity contribution in [3.8, 4) is 0 Å². The molecule has 1 heterocycles. The Hall–Kier alpha value is -0.650. The number of hydrogen-bond donors (Lipinski definition) is 2. The maximum Gasteiger partial charge on any atom is 0.137 e. The second kappa shape index (κ2) is 5.55. The van der Waals surface area contributed by atoms with Crippen LogP contribution in [0.5, 0.6) is 0 Å². The van der Waals surface area contributed by atoms with Gasteiger partial charge in [0, 0.05) is 18.8 Å². The first-order chi connectivity index (χ1) is 8.54. The fourth-order valence-electron chi connectivity index (χ4n) is 2.40. The zero-order valence-corrected chi connectivity index (χ0v) is 12.0. The Morgan fingerprint density at radius 1 is 1.61 bits per heavy atom. The lowest BCUT2D eigenvalue weighted by atomic mass is 9.86. The van der Waals surface area contributed by atoms with E-state index < -0.39 is 0 Å². The average molecular weight is 317 g/mol. The number of hydrogen-bond acceptors (Lipinski definition) is 3. The van der Waals surface area contributed by atoms with E-state index in [1.54, 1.807) is 12.1 Å². The topological polar surface area (TPSA) is 47.3 Å². The van der Waals surface area contributed by atoms with Gasteiger partial charge in [-0.3, -0.25) is 0 Å². The minimum atomic E-state index is -0.261. The minimum Gasteiger partial charge on any atom is -0.378 e. The van der Waals surface area contributed by atoms with Crippen molar-refractivity contribution in [1.29, 1.82) is 0 Å². The second-order valence-corrected chi connectivity index (χ2v) is 5.73. The number of ether oxygens (including phenoxy) is 1. The fraction of sp³-hybridized carbons (Fsp3) is 0.538. The zero-order valence-electron chi connectivity index (χ0n) is 10.4. The van der Waals surface area contributed by atoms with Crippen LogP contribution in [-0.4, -0.2) is 24.8 Å². The van der Waals surface area contributed by atoms with Gasteiger partial charge in [0.15, 0.2) is 0 Å². The largest absolute Gasteiger partial charge is 0.378 e. The highest BCUT2D eigenvalue weighted by atomic mass is 79.9. The molecule has 18 heavy (non-hydrogen) atoms. The second-order valence-electron chi connectivity index (χ2n) is 4.87. The van der Waals surface area contributed by atoms with E-state index in [9.17, 15) is 4.39 Å². The summed E-state index contributed by atoms with van der Waals surface area (Å²) in [4.78, 5) is 0. The predicted molar refractivity (Wildman–Crippen MR) is 74.2 cm³/mol. The first-order valence-corrected chi connectivity index (χ1v) is 6.89. The summed E-state index contributed by atoms with van der Waals surface area (Å²) in [5.74, 6) is -0.261. The summed E-state index contributed by atoms with van der Waals surface area (Å²) in [6.07, 6.45) is 1.92. The third kappa shape index (κ3) is 3.02. The maximum absolute atomic E-state index is 13.2. The van der Waals surface area contributed by atoms with Gasteiger partial charge in [-0.2, -0.15) is 0 Å². The van der Waals surface area contributed by atoms with E-state index in [0.29, 0.717) is 17.6 Å². The molecular formula is C13H18BrFN2O. The van der Waals surface area contributed by atoms with Crippen LogP contribution in [0.2, 0.25) is 0 Å². The summed E-state index contributed by atoms with van der Waals surface area (Å²) >= 11 is 3.19. The molecule has 0 bridgehead atoms. The molecule has 0 spiro atoms. The number of rotatable bonds is 3. The van der Waals surface area contributed by atoms with Gasteiger partial charge in [0.25, 0.3) is 0 Å². The molecular weight excluding hydrogens is 299 g/mol. The van der Waals surface area contributed by atoms with Crippen molar-refractivity contribution in [3.05, 3.63) is 28.5 Å². The first kappa shape index (κ1) is 13.8. The molecule has 0 aromatic heterocycles. The molecule has 1 aromatic carbocycles. The van der Waals surface area contributed by atoms with Crippen LogP contribution in [0.4, 0.5) is 10.1 Å². The van der Waals surface area contributed by atoms with Crippen molar-refractivity contribution < 1.29 is 9.13 Å². The van der Waals surface area contributed by atoms with Crippen LogP contribution in [0, 0.1) is 5.82 Å². The van der Waals surface area contributed by atoms with Crippen molar-refractivity contribution in [3.63, 3.8) is 0 Å². The monoisotopic (exact) mass is 316 g/mol. The lowest BCUT2D eigenvalue weighted by molar-refractivity contribution is 0.000262. The number of anilines is 1. The molecule has 1 aliphatic heterocycles. The number of nitrogens with one attached hydrogen (secondary N) is 1. The van der Waals surface area contributed by atoms with E-state index in [2.05, 4.69) is 21.2 Å². The van der Waals surface area contributed by atoms with Crippen LogP contribution in [0.3, 0.4) is 0 Å². The molecule has 2 unspecified atom stereocenters. The van der Waals surface area contributed by atoms with Crippen LogP contribution in [-0.2, 0) is 4.74 Å². The van der Waals surface area contributed by atoms with Gasteiger partial charge in [-0.1, -0.05) is 0 Å². The average Bonchev–Trinajstić information content (AvgIpc) is 2.34. The molecule has 1 saturated heterocycles. The Balaban J connectivity index is 2.16. The molecule has 2 atom stereocenters. The number of benzene rings is 1. The van der Waals surface area contributed by atoms with E-state index >= 15 is 0 Å². The SMILES string of the molecule is CC1CC(CN)(Nc2ccc(F)c(Br)c2)CCO1. The van der Waals surface area contributed by atoms with Gasteiger partial charge in [0.1, 0.15) is 5.82 Å². The Bertz CT molecular complexity index is 429. The molecule has 0 radical (unpaired) electrons. The third-order valence-electron chi connectivity index (χ3n) is 3.38. The quantitative estimate of drug-likeness (QED) is 0.901. The lowest BCUT2D eigenvalue weighted by Gasteiger charge is -2.40. The maximum atomic E-state index is 13.2. The molecule has 0 amide bonds. The van der Waals surface area contributed by atoms with Crippen LogP contribution >= 0.6 is 15.9 Å². The Kier molecular flexibility index (Phi) is 4.25. The Morgan fingerprint density at radius 3 is 3.00 bits per heavy atom. The zero-order chi connectivity index (χ0) is 13.2. The molecule has 1 aromatic rings. The minimum absolute atomic E-state index is 0.158. The van der Waals surface area contributed by atoms with Crippen molar-refractivity contribution in [2.24, 2.45) is 5.73 Å². The fourth-order valence-corrected chi connectivity index (χ4v) is 2.78. The molecule has 1 fully saturated rings. The first-order valence-electron chi connectivity index (χ1n) is 6.09. The van der Waals surface area contributed by atoms with Crippen LogP contribution in [0.25, 0.3) is 0 Å². The Labute approximate surface area is 115 Å². The van der Waals surface area contributed by atoms with E-state index in [1.165, 1.54) is 6.07 Å². The number of nitrogens with two attached hydrogens (primary N) is 1. The van der Waals surface area contributed by atoms with Gasteiger partial charge >= 0.3 is 0 Å². The van der Waals surface area contributed by atoms with Gasteiger partial charge in [-0.05, 0) is 53.9 Å². The van der Waals surface area contributed by atoms with Gasteiger partial charge < -0.3 is 15.8 Å². The van der Waals surface area contributed by atoms with E-state index in [-0.39, 0.29) is 17.5 Å². The van der Waals surface area contributed by atoms with Crippen LogP contribution in [0.1, 0.15) is 19.8 Å². The van der Waals surface area contributed by atoms with Crippen molar-refractivity contribution >= 4 is 21.6 Å². The van der Waals surface area contributed by atoms with Gasteiger partial charge in [0.2, 0.25) is 0 Å². The molecule has 0 saturated carbocycles. The standard InChI is InChI=1S/C13H18BrFN2O/c1-9-7-13(8-16,4-5-18-9)17-10-2-3-12(15)11(14)6-10/h2-3,6,9,17H,4-5,7-8,16H2,1H3. The van der Waals surface area contributed by atoms with Crippen LogP contribution < -0.4 is 11.1 Å².